The van der Waals surface area contributed by atoms with Gasteiger partial charge >= 0.3 is 6.18 Å². The molecular weight excluding hydrogens is 371 g/mol. The van der Waals surface area contributed by atoms with Gasteiger partial charge in [-0.05, 0) is 42.8 Å². The van der Waals surface area contributed by atoms with Crippen molar-refractivity contribution < 1.29 is 31.5 Å². The molecule has 1 aliphatic rings. The van der Waals surface area contributed by atoms with Crippen molar-refractivity contribution in [3.63, 3.8) is 0 Å². The third-order valence-electron chi connectivity index (χ3n) is 4.10. The van der Waals surface area contributed by atoms with Crippen molar-refractivity contribution in [3.8, 4) is 0 Å². The molecule has 0 bridgehead atoms. The van der Waals surface area contributed by atoms with Crippen molar-refractivity contribution >= 4 is 23.2 Å². The van der Waals surface area contributed by atoms with Crippen LogP contribution < -0.4 is 10.2 Å². The normalized spacial score (nSPS) is 14.6. The maximum Gasteiger partial charge on any atom is 0.419 e. The van der Waals surface area contributed by atoms with Gasteiger partial charge in [0, 0.05) is 24.2 Å². The number of rotatable bonds is 3. The fourth-order valence-electron chi connectivity index (χ4n) is 2.79. The highest BCUT2D eigenvalue weighted by Gasteiger charge is 2.34. The number of carbonyl (C=O) groups is 2. The monoisotopic (exact) mass is 384 g/mol. The molecule has 1 aliphatic heterocycles. The highest BCUT2D eigenvalue weighted by atomic mass is 19.4. The van der Waals surface area contributed by atoms with Crippen molar-refractivity contribution in [2.45, 2.75) is 19.0 Å². The predicted molar refractivity (Wildman–Crippen MR) is 87.3 cm³/mol. The Morgan fingerprint density at radius 1 is 1.04 bits per heavy atom. The first-order valence-corrected chi connectivity index (χ1v) is 7.95. The molecule has 1 fully saturated rings. The van der Waals surface area contributed by atoms with E-state index in [0.29, 0.717) is 31.5 Å². The zero-order valence-corrected chi connectivity index (χ0v) is 13.7. The molecule has 1 saturated heterocycles. The Balaban J connectivity index is 1.80. The van der Waals surface area contributed by atoms with E-state index < -0.39 is 34.8 Å². The lowest BCUT2D eigenvalue weighted by molar-refractivity contribution is -0.140. The Bertz CT molecular complexity index is 911. The average Bonchev–Trinajstić information content (AvgIpc) is 3.00. The van der Waals surface area contributed by atoms with Gasteiger partial charge in [0.2, 0.25) is 5.91 Å². The molecule has 3 rings (SSSR count). The molecule has 2 aromatic rings. The average molecular weight is 384 g/mol. The molecule has 2 amide bonds. The highest BCUT2D eigenvalue weighted by Crippen LogP contribution is 2.32. The van der Waals surface area contributed by atoms with Gasteiger partial charge in [-0.3, -0.25) is 9.59 Å². The van der Waals surface area contributed by atoms with Gasteiger partial charge in [0.1, 0.15) is 11.6 Å². The van der Waals surface area contributed by atoms with Crippen molar-refractivity contribution in [1.29, 1.82) is 0 Å². The number of alkyl halides is 3. The summed E-state index contributed by atoms with van der Waals surface area (Å²) in [4.78, 5) is 25.1. The molecule has 27 heavy (non-hydrogen) atoms. The summed E-state index contributed by atoms with van der Waals surface area (Å²) < 4.78 is 65.8. The Labute approximate surface area is 150 Å². The first-order valence-electron chi connectivity index (χ1n) is 7.95. The van der Waals surface area contributed by atoms with Gasteiger partial charge < -0.3 is 10.2 Å². The van der Waals surface area contributed by atoms with E-state index >= 15 is 0 Å². The fourth-order valence-corrected chi connectivity index (χ4v) is 2.79. The Morgan fingerprint density at radius 3 is 2.37 bits per heavy atom. The van der Waals surface area contributed by atoms with Gasteiger partial charge in [0.05, 0.1) is 11.3 Å². The Morgan fingerprint density at radius 2 is 1.78 bits per heavy atom. The number of hydrogen-bond donors (Lipinski definition) is 1. The number of carbonyl (C=O) groups excluding carboxylic acids is 2. The van der Waals surface area contributed by atoms with Gasteiger partial charge in [0.25, 0.3) is 5.91 Å². The van der Waals surface area contributed by atoms with Crippen LogP contribution in [0.5, 0.6) is 0 Å². The minimum atomic E-state index is -4.95. The van der Waals surface area contributed by atoms with E-state index in [1.165, 1.54) is 17.0 Å². The van der Waals surface area contributed by atoms with E-state index in [0.717, 1.165) is 12.1 Å². The second kappa shape index (κ2) is 6.98. The number of benzene rings is 2. The third-order valence-corrected chi connectivity index (χ3v) is 4.10. The van der Waals surface area contributed by atoms with Crippen LogP contribution in [0.25, 0.3) is 0 Å². The summed E-state index contributed by atoms with van der Waals surface area (Å²) in [5.41, 5.74) is -1.94. The molecule has 0 unspecified atom stereocenters. The molecule has 0 aromatic heterocycles. The largest absolute Gasteiger partial charge is 0.419 e. The Hall–Kier alpha value is -2.97. The van der Waals surface area contributed by atoms with Crippen LogP contribution in [0.3, 0.4) is 0 Å². The predicted octanol–water partition coefficient (Wildman–Crippen LogP) is 4.36. The smallest absolute Gasteiger partial charge is 0.322 e. The zero-order chi connectivity index (χ0) is 19.8. The second-order valence-corrected chi connectivity index (χ2v) is 5.96. The quantitative estimate of drug-likeness (QED) is 0.800. The molecule has 0 radical (unpaired) electrons. The summed E-state index contributed by atoms with van der Waals surface area (Å²) in [5, 5.41) is 2.25. The standard InChI is InChI=1S/C18H13F5N2O2/c19-13-5-3-10(8-12(13)18(21,22)23)17(27)24-11-4-6-15(14(20)9-11)25-7-1-2-16(25)26/h3-6,8-9H,1-2,7H2,(H,24,27). The molecule has 0 spiro atoms. The van der Waals surface area contributed by atoms with Gasteiger partial charge in [-0.1, -0.05) is 0 Å². The summed E-state index contributed by atoms with van der Waals surface area (Å²) >= 11 is 0. The number of halogens is 5. The van der Waals surface area contributed by atoms with Crippen LogP contribution in [0, 0.1) is 11.6 Å². The van der Waals surface area contributed by atoms with E-state index in [1.807, 2.05) is 0 Å². The van der Waals surface area contributed by atoms with Crippen molar-refractivity contribution in [2.24, 2.45) is 0 Å². The Kier molecular flexibility index (Phi) is 4.86. The van der Waals surface area contributed by atoms with Crippen molar-refractivity contribution in [1.82, 2.24) is 0 Å². The molecule has 1 N–H and O–H groups in total. The SMILES string of the molecule is O=C(Nc1ccc(N2CCCC2=O)c(F)c1)c1ccc(F)c(C(F)(F)F)c1. The number of nitrogens with one attached hydrogen (secondary N) is 1. The molecule has 0 saturated carbocycles. The zero-order valence-electron chi connectivity index (χ0n) is 13.7. The lowest BCUT2D eigenvalue weighted by atomic mass is 10.1. The second-order valence-electron chi connectivity index (χ2n) is 5.96. The maximum atomic E-state index is 14.3. The van der Waals surface area contributed by atoms with E-state index in [1.54, 1.807) is 0 Å². The number of nitrogens with zero attached hydrogens (tertiary/aromatic N) is 1. The number of amides is 2. The van der Waals surface area contributed by atoms with Crippen LogP contribution in [0.2, 0.25) is 0 Å². The first-order chi connectivity index (χ1) is 12.7. The summed E-state index contributed by atoms with van der Waals surface area (Å²) in [5.74, 6) is -3.41. The minimum Gasteiger partial charge on any atom is -0.322 e. The van der Waals surface area contributed by atoms with E-state index in [2.05, 4.69) is 5.32 Å². The summed E-state index contributed by atoms with van der Waals surface area (Å²) in [6.45, 7) is 0.386. The van der Waals surface area contributed by atoms with Gasteiger partial charge in [-0.2, -0.15) is 13.2 Å². The molecular formula is C18H13F5N2O2. The molecule has 1 heterocycles. The molecule has 142 valence electrons. The van der Waals surface area contributed by atoms with E-state index in [4.69, 9.17) is 0 Å². The summed E-state index contributed by atoms with van der Waals surface area (Å²) in [6, 6.07) is 5.43. The van der Waals surface area contributed by atoms with Crippen LogP contribution in [-0.4, -0.2) is 18.4 Å². The van der Waals surface area contributed by atoms with Gasteiger partial charge in [-0.15, -0.1) is 0 Å². The highest BCUT2D eigenvalue weighted by molar-refractivity contribution is 6.04. The van der Waals surface area contributed by atoms with E-state index in [9.17, 15) is 31.5 Å². The van der Waals surface area contributed by atoms with Gasteiger partial charge in [0.15, 0.2) is 0 Å². The minimum absolute atomic E-state index is 0.00854. The van der Waals surface area contributed by atoms with E-state index in [-0.39, 0.29) is 17.3 Å². The topological polar surface area (TPSA) is 49.4 Å². The number of hydrogen-bond acceptors (Lipinski definition) is 2. The van der Waals surface area contributed by atoms with Crippen molar-refractivity contribution in [2.75, 3.05) is 16.8 Å². The lowest BCUT2D eigenvalue weighted by Gasteiger charge is -2.17. The molecule has 2 aromatic carbocycles. The van der Waals surface area contributed by atoms with Crippen LogP contribution >= 0.6 is 0 Å². The lowest BCUT2D eigenvalue weighted by Crippen LogP contribution is -2.24. The maximum absolute atomic E-state index is 14.3. The molecule has 0 aliphatic carbocycles. The molecule has 0 atom stereocenters. The van der Waals surface area contributed by atoms with Crippen LogP contribution in [0.1, 0.15) is 28.8 Å². The summed E-state index contributed by atoms with van der Waals surface area (Å²) in [6.07, 6.45) is -4.01. The first kappa shape index (κ1) is 18.8. The molecule has 4 nitrogen and oxygen atoms in total. The molecule has 9 heteroatoms. The van der Waals surface area contributed by atoms with Crippen LogP contribution in [-0.2, 0) is 11.0 Å². The fraction of sp³-hybridized carbons (Fsp3) is 0.222. The van der Waals surface area contributed by atoms with Crippen molar-refractivity contribution in [3.05, 3.63) is 59.2 Å². The summed E-state index contributed by atoms with van der Waals surface area (Å²) in [7, 11) is 0. The van der Waals surface area contributed by atoms with Gasteiger partial charge in [-0.25, -0.2) is 8.78 Å². The van der Waals surface area contributed by atoms with Crippen LogP contribution in [0.15, 0.2) is 36.4 Å². The number of anilines is 2. The van der Waals surface area contributed by atoms with Crippen LogP contribution in [0.4, 0.5) is 33.3 Å². The third kappa shape index (κ3) is 3.91.